The Morgan fingerprint density at radius 3 is 2.67 bits per heavy atom. The molecule has 0 aliphatic carbocycles. The number of amides is 1. The highest BCUT2D eigenvalue weighted by atomic mass is 35.5. The molecule has 0 fully saturated rings. The van der Waals surface area contributed by atoms with E-state index in [4.69, 9.17) is 17.3 Å². The number of fused-ring (bicyclic) bond motifs is 1. The van der Waals surface area contributed by atoms with Gasteiger partial charge in [-0.1, -0.05) is 11.6 Å². The molecule has 1 aromatic heterocycles. The fraction of sp³-hybridized carbons (Fsp3) is 0. The molecular formula is C16H11ClF2N4O. The number of carbonyl (C=O) groups is 1. The second-order valence-corrected chi connectivity index (χ2v) is 5.42. The number of benzene rings is 2. The van der Waals surface area contributed by atoms with E-state index in [1.165, 1.54) is 6.07 Å². The second kappa shape index (κ2) is 6.29. The zero-order valence-electron chi connectivity index (χ0n) is 12.1. The van der Waals surface area contributed by atoms with Crippen LogP contribution in [0.15, 0.2) is 47.6 Å². The summed E-state index contributed by atoms with van der Waals surface area (Å²) < 4.78 is 26.1. The Morgan fingerprint density at radius 1 is 1.12 bits per heavy atom. The lowest BCUT2D eigenvalue weighted by Gasteiger charge is -2.02. The summed E-state index contributed by atoms with van der Waals surface area (Å²) in [5.74, 6) is -2.73. The Kier molecular flexibility index (Phi) is 4.18. The minimum Gasteiger partial charge on any atom is -0.382 e. The maximum Gasteiger partial charge on any atom is 0.287 e. The van der Waals surface area contributed by atoms with E-state index in [2.05, 4.69) is 15.5 Å². The van der Waals surface area contributed by atoms with Gasteiger partial charge in [0.1, 0.15) is 5.69 Å². The van der Waals surface area contributed by atoms with E-state index < -0.39 is 17.5 Å². The molecule has 0 radical (unpaired) electrons. The summed E-state index contributed by atoms with van der Waals surface area (Å²) in [6.45, 7) is 0. The number of nitrogens with zero attached hydrogens (tertiary/aromatic N) is 1. The fourth-order valence-electron chi connectivity index (χ4n) is 2.12. The fourth-order valence-corrected chi connectivity index (χ4v) is 2.30. The van der Waals surface area contributed by atoms with Crippen LogP contribution in [-0.4, -0.2) is 16.7 Å². The molecule has 0 bridgehead atoms. The van der Waals surface area contributed by atoms with E-state index in [1.54, 1.807) is 24.3 Å². The number of aromatic nitrogens is 1. The van der Waals surface area contributed by atoms with Crippen LogP contribution in [0, 0.1) is 11.6 Å². The third-order valence-electron chi connectivity index (χ3n) is 3.32. The first-order chi connectivity index (χ1) is 11.4. The van der Waals surface area contributed by atoms with Crippen molar-refractivity contribution in [2.75, 3.05) is 0 Å². The summed E-state index contributed by atoms with van der Waals surface area (Å²) in [6, 6.07) is 9.84. The Balaban J connectivity index is 1.78. The largest absolute Gasteiger partial charge is 0.382 e. The standard InChI is InChI=1S/C16H11ClF2N4O/c17-10-2-4-13-9(5-10)7-14(21-13)16(24)23-22-15(20)8-1-3-11(18)12(19)6-8/h1-7,21H,(H2,20,22)(H,23,24). The van der Waals surface area contributed by atoms with Gasteiger partial charge in [-0.2, -0.15) is 5.10 Å². The van der Waals surface area contributed by atoms with Crippen LogP contribution >= 0.6 is 11.6 Å². The summed E-state index contributed by atoms with van der Waals surface area (Å²) in [7, 11) is 0. The summed E-state index contributed by atoms with van der Waals surface area (Å²) in [4.78, 5) is 15.0. The first-order valence-corrected chi connectivity index (χ1v) is 7.19. The lowest BCUT2D eigenvalue weighted by molar-refractivity contribution is 0.0950. The molecule has 0 saturated heterocycles. The molecule has 8 heteroatoms. The molecular weight excluding hydrogens is 338 g/mol. The molecule has 3 rings (SSSR count). The number of hydrogen-bond acceptors (Lipinski definition) is 2. The minimum absolute atomic E-state index is 0.151. The topological polar surface area (TPSA) is 83.3 Å². The summed E-state index contributed by atoms with van der Waals surface area (Å²) in [6.07, 6.45) is 0. The lowest BCUT2D eigenvalue weighted by atomic mass is 10.2. The van der Waals surface area contributed by atoms with Crippen molar-refractivity contribution in [1.29, 1.82) is 0 Å². The van der Waals surface area contributed by atoms with Gasteiger partial charge >= 0.3 is 0 Å². The quantitative estimate of drug-likeness (QED) is 0.386. The number of rotatable bonds is 3. The number of hydrogen-bond donors (Lipinski definition) is 3. The Hall–Kier alpha value is -2.93. The van der Waals surface area contributed by atoms with Crippen molar-refractivity contribution in [2.24, 2.45) is 10.8 Å². The first kappa shape index (κ1) is 15.9. The molecule has 24 heavy (non-hydrogen) atoms. The van der Waals surface area contributed by atoms with Crippen LogP contribution < -0.4 is 11.2 Å². The zero-order valence-corrected chi connectivity index (χ0v) is 12.9. The third-order valence-corrected chi connectivity index (χ3v) is 3.56. The van der Waals surface area contributed by atoms with Gasteiger partial charge in [0.2, 0.25) is 0 Å². The number of H-pyrrole nitrogens is 1. The third kappa shape index (κ3) is 3.21. The van der Waals surface area contributed by atoms with E-state index in [-0.39, 0.29) is 17.1 Å². The average molecular weight is 349 g/mol. The maximum absolute atomic E-state index is 13.2. The van der Waals surface area contributed by atoms with Gasteiger partial charge in [0.15, 0.2) is 17.5 Å². The van der Waals surface area contributed by atoms with Crippen molar-refractivity contribution in [1.82, 2.24) is 10.4 Å². The van der Waals surface area contributed by atoms with E-state index in [0.717, 1.165) is 23.0 Å². The van der Waals surface area contributed by atoms with Crippen molar-refractivity contribution in [3.8, 4) is 0 Å². The van der Waals surface area contributed by atoms with Crippen LogP contribution in [0.1, 0.15) is 16.1 Å². The van der Waals surface area contributed by atoms with Gasteiger partial charge < -0.3 is 10.7 Å². The second-order valence-electron chi connectivity index (χ2n) is 4.98. The predicted molar refractivity (Wildman–Crippen MR) is 87.9 cm³/mol. The smallest absolute Gasteiger partial charge is 0.287 e. The van der Waals surface area contributed by atoms with Crippen molar-refractivity contribution >= 4 is 34.2 Å². The summed E-state index contributed by atoms with van der Waals surface area (Å²) >= 11 is 5.89. The van der Waals surface area contributed by atoms with Gasteiger partial charge in [0.25, 0.3) is 5.91 Å². The Bertz CT molecular complexity index is 968. The van der Waals surface area contributed by atoms with Crippen LogP contribution in [0.25, 0.3) is 10.9 Å². The highest BCUT2D eigenvalue weighted by molar-refractivity contribution is 6.31. The molecule has 1 heterocycles. The van der Waals surface area contributed by atoms with Gasteiger partial charge in [-0.3, -0.25) is 4.79 Å². The number of nitrogens with one attached hydrogen (secondary N) is 2. The number of aromatic amines is 1. The zero-order chi connectivity index (χ0) is 17.3. The molecule has 5 nitrogen and oxygen atoms in total. The van der Waals surface area contributed by atoms with Gasteiger partial charge in [-0.05, 0) is 42.5 Å². The van der Waals surface area contributed by atoms with E-state index >= 15 is 0 Å². The molecule has 4 N–H and O–H groups in total. The van der Waals surface area contributed by atoms with Crippen molar-refractivity contribution in [2.45, 2.75) is 0 Å². The van der Waals surface area contributed by atoms with Crippen molar-refractivity contribution in [3.05, 3.63) is 70.4 Å². The lowest BCUT2D eigenvalue weighted by Crippen LogP contribution is -2.24. The van der Waals surface area contributed by atoms with Gasteiger partial charge in [-0.25, -0.2) is 14.2 Å². The normalized spacial score (nSPS) is 11.7. The van der Waals surface area contributed by atoms with Gasteiger partial charge in [0.05, 0.1) is 0 Å². The molecule has 0 spiro atoms. The maximum atomic E-state index is 13.2. The Morgan fingerprint density at radius 2 is 1.92 bits per heavy atom. The van der Waals surface area contributed by atoms with E-state index in [9.17, 15) is 13.6 Å². The Labute approximate surface area is 140 Å². The molecule has 0 aliphatic rings. The molecule has 0 atom stereocenters. The SMILES string of the molecule is N/C(=N\NC(=O)c1cc2cc(Cl)ccc2[nH]1)c1ccc(F)c(F)c1. The molecule has 122 valence electrons. The predicted octanol–water partition coefficient (Wildman–Crippen LogP) is 3.15. The molecule has 1 amide bonds. The van der Waals surface area contributed by atoms with Gasteiger partial charge in [0, 0.05) is 21.5 Å². The monoisotopic (exact) mass is 348 g/mol. The molecule has 3 aromatic rings. The van der Waals surface area contributed by atoms with Gasteiger partial charge in [-0.15, -0.1) is 0 Å². The van der Waals surface area contributed by atoms with E-state index in [1.807, 2.05) is 0 Å². The number of hydrazone groups is 1. The summed E-state index contributed by atoms with van der Waals surface area (Å²) in [5.41, 5.74) is 9.05. The van der Waals surface area contributed by atoms with Crippen molar-refractivity contribution < 1.29 is 13.6 Å². The average Bonchev–Trinajstić information content (AvgIpc) is 2.98. The van der Waals surface area contributed by atoms with Crippen LogP contribution in [0.4, 0.5) is 8.78 Å². The number of amidine groups is 1. The highest BCUT2D eigenvalue weighted by Gasteiger charge is 2.10. The molecule has 0 saturated carbocycles. The molecule has 2 aromatic carbocycles. The minimum atomic E-state index is -1.05. The number of nitrogens with two attached hydrogens (primary N) is 1. The van der Waals surface area contributed by atoms with Crippen LogP contribution in [-0.2, 0) is 0 Å². The van der Waals surface area contributed by atoms with Crippen LogP contribution in [0.3, 0.4) is 0 Å². The first-order valence-electron chi connectivity index (χ1n) is 6.81. The van der Waals surface area contributed by atoms with Crippen LogP contribution in [0.2, 0.25) is 5.02 Å². The molecule has 0 aliphatic heterocycles. The van der Waals surface area contributed by atoms with Crippen LogP contribution in [0.5, 0.6) is 0 Å². The number of halogens is 3. The highest BCUT2D eigenvalue weighted by Crippen LogP contribution is 2.20. The molecule has 0 unspecified atom stereocenters. The summed E-state index contributed by atoms with van der Waals surface area (Å²) in [5, 5.41) is 5.01. The van der Waals surface area contributed by atoms with Crippen molar-refractivity contribution in [3.63, 3.8) is 0 Å². The van der Waals surface area contributed by atoms with E-state index in [0.29, 0.717) is 5.02 Å². The number of carbonyl (C=O) groups excluding carboxylic acids is 1.